The van der Waals surface area contributed by atoms with Gasteiger partial charge in [-0.3, -0.25) is 9.36 Å². The normalized spacial score (nSPS) is 13.8. The van der Waals surface area contributed by atoms with Crippen LogP contribution in [0.25, 0.3) is 0 Å². The summed E-state index contributed by atoms with van der Waals surface area (Å²) in [6.07, 6.45) is 1.99. The molecule has 3 nitrogen and oxygen atoms in total. The number of rotatable bonds is 0. The molecule has 0 aromatic carbocycles. The number of hydrogen-bond acceptors (Lipinski definition) is 2. The second-order valence-electron chi connectivity index (χ2n) is 3.41. The van der Waals surface area contributed by atoms with Crippen LogP contribution in [0.4, 0.5) is 0 Å². The lowest BCUT2D eigenvalue weighted by Gasteiger charge is -2.07. The zero-order valence-corrected chi connectivity index (χ0v) is 15.4. The van der Waals surface area contributed by atoms with Gasteiger partial charge in [-0.2, -0.15) is 0 Å². The van der Waals surface area contributed by atoms with Gasteiger partial charge in [0.15, 0.2) is 0 Å². The molecule has 1 aromatic rings. The van der Waals surface area contributed by atoms with Crippen LogP contribution in [0.15, 0.2) is 10.9 Å². The maximum atomic E-state index is 11.5. The van der Waals surface area contributed by atoms with Crippen LogP contribution in [0.2, 0.25) is 0 Å². The van der Waals surface area contributed by atoms with Gasteiger partial charge in [-0.15, -0.1) is 0 Å². The van der Waals surface area contributed by atoms with Gasteiger partial charge < -0.3 is 0 Å². The van der Waals surface area contributed by atoms with Gasteiger partial charge >= 0.3 is 0 Å². The highest BCUT2D eigenvalue weighted by atomic mass is 16.1. The van der Waals surface area contributed by atoms with E-state index in [4.69, 9.17) is 0 Å². The van der Waals surface area contributed by atoms with Gasteiger partial charge in [0.2, 0.25) is 0 Å². The summed E-state index contributed by atoms with van der Waals surface area (Å²) in [6.45, 7) is 19.9. The maximum absolute atomic E-state index is 11.5. The van der Waals surface area contributed by atoms with Crippen LogP contribution in [-0.2, 0) is 6.42 Å². The minimum Gasteiger partial charge on any atom is -0.294 e. The zero-order chi connectivity index (χ0) is 16.7. The average molecular weight is 284 g/mol. The molecule has 1 atom stereocenters. The molecule has 2 heterocycles. The summed E-state index contributed by atoms with van der Waals surface area (Å²) in [6, 6.07) is 1.94. The van der Waals surface area contributed by atoms with Crippen molar-refractivity contribution in [1.82, 2.24) is 9.55 Å². The van der Waals surface area contributed by atoms with E-state index in [9.17, 15) is 4.79 Å². The summed E-state index contributed by atoms with van der Waals surface area (Å²) < 4.78 is 1.80. The molecule has 0 N–H and O–H groups in total. The molecular weight excluding hydrogens is 248 g/mol. The highest BCUT2D eigenvalue weighted by molar-refractivity contribution is 5.07. The van der Waals surface area contributed by atoms with E-state index in [2.05, 4.69) is 11.9 Å². The van der Waals surface area contributed by atoms with Crippen LogP contribution in [0.3, 0.4) is 0 Å². The molecule has 20 heavy (non-hydrogen) atoms. The predicted octanol–water partition coefficient (Wildman–Crippen LogP) is 5.16. The van der Waals surface area contributed by atoms with Gasteiger partial charge in [0.25, 0.3) is 5.56 Å². The first-order valence-electron chi connectivity index (χ1n) is 8.27. The van der Waals surface area contributed by atoms with E-state index in [0.29, 0.717) is 6.04 Å². The monoisotopic (exact) mass is 284 g/mol. The molecule has 0 saturated carbocycles. The molecule has 1 aromatic heterocycles. The second kappa shape index (κ2) is 15.9. The summed E-state index contributed by atoms with van der Waals surface area (Å²) >= 11 is 0. The van der Waals surface area contributed by atoms with E-state index < -0.39 is 0 Å². The first-order valence-corrected chi connectivity index (χ1v) is 8.27. The average Bonchev–Trinajstić information content (AvgIpc) is 2.89. The molecule has 3 heteroatoms. The van der Waals surface area contributed by atoms with Gasteiger partial charge in [0.1, 0.15) is 5.82 Å². The third-order valence-electron chi connectivity index (χ3n) is 2.38. The molecule has 0 unspecified atom stereocenters. The van der Waals surface area contributed by atoms with Crippen LogP contribution >= 0.6 is 0 Å². The Morgan fingerprint density at radius 1 is 1.05 bits per heavy atom. The third-order valence-corrected chi connectivity index (χ3v) is 2.38. The Labute approximate surface area is 126 Å². The molecule has 120 valence electrons. The number of hydrogen-bond donors (Lipinski definition) is 0. The summed E-state index contributed by atoms with van der Waals surface area (Å²) in [5, 5.41) is 0. The Kier molecular flexibility index (Phi) is 19.1. The van der Waals surface area contributed by atoms with Crippen LogP contribution in [0, 0.1) is 6.92 Å². The molecule has 0 fully saturated rings. The van der Waals surface area contributed by atoms with E-state index in [0.717, 1.165) is 24.4 Å². The van der Waals surface area contributed by atoms with Crippen molar-refractivity contribution < 1.29 is 0 Å². The van der Waals surface area contributed by atoms with Crippen molar-refractivity contribution in [3.63, 3.8) is 0 Å². The smallest absolute Gasteiger partial charge is 0.253 e. The molecule has 0 bridgehead atoms. The maximum Gasteiger partial charge on any atom is 0.253 e. The SMILES string of the molecule is CC.CC.CC.CC.Cc1cc(=O)n2c(n1)CC[C@H]2C. The molecule has 1 aliphatic rings. The highest BCUT2D eigenvalue weighted by Gasteiger charge is 2.19. The van der Waals surface area contributed by atoms with Crippen LogP contribution in [0.1, 0.15) is 86.3 Å². The minimum atomic E-state index is 0.0995. The minimum absolute atomic E-state index is 0.0995. The Balaban J connectivity index is -0.000000314. The first kappa shape index (κ1) is 23.9. The van der Waals surface area contributed by atoms with Crippen LogP contribution < -0.4 is 5.56 Å². The number of aryl methyl sites for hydroxylation is 2. The standard InChI is InChI=1S/C9H12N2O.4C2H6/c1-6-5-9(12)11-7(2)3-4-8(11)10-6;4*1-2/h5,7H,3-4H2,1-2H3;4*1-2H3/t7-;;;;/m1..../s1. The lowest BCUT2D eigenvalue weighted by Crippen LogP contribution is -2.22. The second-order valence-corrected chi connectivity index (χ2v) is 3.41. The predicted molar refractivity (Wildman–Crippen MR) is 91.7 cm³/mol. The van der Waals surface area contributed by atoms with Crippen molar-refractivity contribution in [1.29, 1.82) is 0 Å². The van der Waals surface area contributed by atoms with E-state index in [1.165, 1.54) is 0 Å². The molecule has 2 rings (SSSR count). The van der Waals surface area contributed by atoms with Crippen molar-refractivity contribution >= 4 is 0 Å². The highest BCUT2D eigenvalue weighted by Crippen LogP contribution is 2.20. The fourth-order valence-corrected chi connectivity index (χ4v) is 1.78. The number of aromatic nitrogens is 2. The number of nitrogens with zero attached hydrogens (tertiary/aromatic N) is 2. The van der Waals surface area contributed by atoms with Crippen LogP contribution in [0.5, 0.6) is 0 Å². The molecule has 0 spiro atoms. The van der Waals surface area contributed by atoms with Gasteiger partial charge in [-0.05, 0) is 20.3 Å². The fraction of sp³-hybridized carbons (Fsp3) is 0.765. The summed E-state index contributed by atoms with van der Waals surface area (Å²) in [7, 11) is 0. The summed E-state index contributed by atoms with van der Waals surface area (Å²) in [5.74, 6) is 0.951. The first-order chi connectivity index (χ1) is 9.68. The molecule has 1 aliphatic heterocycles. The van der Waals surface area contributed by atoms with Crippen molar-refractivity contribution in [3.05, 3.63) is 27.9 Å². The zero-order valence-electron chi connectivity index (χ0n) is 15.4. The molecule has 0 aliphatic carbocycles. The van der Waals surface area contributed by atoms with Crippen molar-refractivity contribution in [2.24, 2.45) is 0 Å². The largest absolute Gasteiger partial charge is 0.294 e. The Morgan fingerprint density at radius 2 is 1.50 bits per heavy atom. The Bertz CT molecular complexity index is 370. The van der Waals surface area contributed by atoms with Gasteiger partial charge in [0, 0.05) is 24.2 Å². The quantitative estimate of drug-likeness (QED) is 0.659. The lowest BCUT2D eigenvalue weighted by atomic mass is 10.2. The summed E-state index contributed by atoms with van der Waals surface area (Å²) in [4.78, 5) is 15.8. The molecule has 0 saturated heterocycles. The van der Waals surface area contributed by atoms with Gasteiger partial charge in [0.05, 0.1) is 0 Å². The topological polar surface area (TPSA) is 34.9 Å². The number of fused-ring (bicyclic) bond motifs is 1. The molecular formula is C17H36N2O. The summed E-state index contributed by atoms with van der Waals surface area (Å²) in [5.41, 5.74) is 0.933. The van der Waals surface area contributed by atoms with Crippen molar-refractivity contribution in [2.45, 2.75) is 88.1 Å². The van der Waals surface area contributed by atoms with Gasteiger partial charge in [-0.1, -0.05) is 55.4 Å². The fourth-order valence-electron chi connectivity index (χ4n) is 1.78. The van der Waals surface area contributed by atoms with E-state index in [-0.39, 0.29) is 5.56 Å². The molecule has 0 radical (unpaired) electrons. The Morgan fingerprint density at radius 3 is 1.95 bits per heavy atom. The molecule has 0 amide bonds. The van der Waals surface area contributed by atoms with E-state index >= 15 is 0 Å². The Hall–Kier alpha value is -1.12. The lowest BCUT2D eigenvalue weighted by molar-refractivity contribution is 0.558. The van der Waals surface area contributed by atoms with E-state index in [1.807, 2.05) is 62.3 Å². The van der Waals surface area contributed by atoms with Crippen molar-refractivity contribution in [2.75, 3.05) is 0 Å². The van der Waals surface area contributed by atoms with Crippen LogP contribution in [-0.4, -0.2) is 9.55 Å². The third kappa shape index (κ3) is 7.46. The van der Waals surface area contributed by atoms with Gasteiger partial charge in [-0.25, -0.2) is 4.98 Å². The van der Waals surface area contributed by atoms with E-state index in [1.54, 1.807) is 10.6 Å². The van der Waals surface area contributed by atoms with Crippen molar-refractivity contribution in [3.8, 4) is 0 Å².